The number of carbonyl (C=O) groups is 3. The fourth-order valence-corrected chi connectivity index (χ4v) is 3.39. The summed E-state index contributed by atoms with van der Waals surface area (Å²) in [4.78, 5) is 39.2. The molecule has 0 spiro atoms. The molecule has 0 unspecified atom stereocenters. The summed E-state index contributed by atoms with van der Waals surface area (Å²) in [5.74, 6) is -0.830. The minimum atomic E-state index is -0.484. The molecule has 2 amide bonds. The van der Waals surface area contributed by atoms with Gasteiger partial charge in [0, 0.05) is 24.2 Å². The zero-order valence-corrected chi connectivity index (χ0v) is 16.6. The van der Waals surface area contributed by atoms with E-state index in [1.54, 1.807) is 55.5 Å². The molecule has 1 aliphatic rings. The summed E-state index contributed by atoms with van der Waals surface area (Å²) in [7, 11) is 0. The van der Waals surface area contributed by atoms with Crippen LogP contribution in [0, 0.1) is 0 Å². The van der Waals surface area contributed by atoms with Gasteiger partial charge in [-0.25, -0.2) is 4.79 Å². The molecule has 0 radical (unpaired) electrons. The molecule has 1 heterocycles. The van der Waals surface area contributed by atoms with Crippen LogP contribution in [0.5, 0.6) is 0 Å². The van der Waals surface area contributed by atoms with Crippen LogP contribution in [0.2, 0.25) is 0 Å². The highest BCUT2D eigenvalue weighted by atomic mass is 16.5. The molecule has 1 N–H and O–H groups in total. The maximum Gasteiger partial charge on any atom is 0.340 e. The summed E-state index contributed by atoms with van der Waals surface area (Å²) < 4.78 is 5.03. The van der Waals surface area contributed by atoms with Crippen molar-refractivity contribution in [2.24, 2.45) is 0 Å². The van der Waals surface area contributed by atoms with Crippen molar-refractivity contribution in [3.8, 4) is 0 Å². The summed E-state index contributed by atoms with van der Waals surface area (Å²) in [5.41, 5.74) is 1.68. The highest BCUT2D eigenvalue weighted by Gasteiger charge is 2.18. The zero-order chi connectivity index (χ0) is 20.6. The first-order valence-electron chi connectivity index (χ1n) is 10.1. The number of amides is 2. The number of carbonyl (C=O) groups excluding carboxylic acids is 3. The van der Waals surface area contributed by atoms with Gasteiger partial charge < -0.3 is 15.0 Å². The van der Waals surface area contributed by atoms with Gasteiger partial charge in [-0.2, -0.15) is 0 Å². The Hall–Kier alpha value is -3.15. The van der Waals surface area contributed by atoms with Crippen molar-refractivity contribution >= 4 is 23.5 Å². The molecule has 2 aromatic carbocycles. The standard InChI is InChI=1S/C23H26N2O4/c1-2-29-23(28)19-9-5-6-10-20(19)24-21(26)17-11-13-18(14-12-17)22(27)25-15-7-3-4-8-16-25/h5-6,9-14H,2-4,7-8,15-16H2,1H3,(H,24,26). The van der Waals surface area contributed by atoms with E-state index in [0.29, 0.717) is 22.4 Å². The topological polar surface area (TPSA) is 75.7 Å². The third kappa shape index (κ3) is 5.22. The first-order chi connectivity index (χ1) is 14.1. The van der Waals surface area contributed by atoms with E-state index in [0.717, 1.165) is 38.8 Å². The van der Waals surface area contributed by atoms with Gasteiger partial charge in [-0.05, 0) is 56.2 Å². The lowest BCUT2D eigenvalue weighted by Gasteiger charge is -2.20. The van der Waals surface area contributed by atoms with Gasteiger partial charge in [-0.3, -0.25) is 9.59 Å². The number of hydrogen-bond acceptors (Lipinski definition) is 4. The highest BCUT2D eigenvalue weighted by molar-refractivity contribution is 6.08. The lowest BCUT2D eigenvalue weighted by molar-refractivity contribution is 0.0527. The van der Waals surface area contributed by atoms with E-state index < -0.39 is 5.97 Å². The normalized spacial score (nSPS) is 14.0. The Morgan fingerprint density at radius 1 is 0.897 bits per heavy atom. The molecule has 0 atom stereocenters. The molecule has 1 aliphatic heterocycles. The molecule has 6 heteroatoms. The summed E-state index contributed by atoms with van der Waals surface area (Å²) in [6.45, 7) is 3.55. The summed E-state index contributed by atoms with van der Waals surface area (Å²) in [6.07, 6.45) is 4.39. The van der Waals surface area contributed by atoms with Crippen molar-refractivity contribution in [1.29, 1.82) is 0 Å². The number of nitrogens with zero attached hydrogens (tertiary/aromatic N) is 1. The molecule has 1 fully saturated rings. The van der Waals surface area contributed by atoms with Gasteiger partial charge in [0.1, 0.15) is 0 Å². The van der Waals surface area contributed by atoms with Crippen LogP contribution in [0.4, 0.5) is 5.69 Å². The van der Waals surface area contributed by atoms with Crippen LogP contribution in [0.1, 0.15) is 63.7 Å². The van der Waals surface area contributed by atoms with Gasteiger partial charge in [-0.1, -0.05) is 25.0 Å². The maximum absolute atomic E-state index is 12.7. The van der Waals surface area contributed by atoms with Crippen LogP contribution < -0.4 is 5.32 Å². The van der Waals surface area contributed by atoms with E-state index in [4.69, 9.17) is 4.74 Å². The molecular weight excluding hydrogens is 368 g/mol. The number of para-hydroxylation sites is 1. The third-order valence-electron chi connectivity index (χ3n) is 4.96. The van der Waals surface area contributed by atoms with Gasteiger partial charge >= 0.3 is 5.97 Å². The average molecular weight is 394 g/mol. The Morgan fingerprint density at radius 3 is 2.17 bits per heavy atom. The van der Waals surface area contributed by atoms with Crippen molar-refractivity contribution in [2.75, 3.05) is 25.0 Å². The predicted octanol–water partition coefficient (Wildman–Crippen LogP) is 4.13. The molecule has 1 saturated heterocycles. The van der Waals surface area contributed by atoms with E-state index in [1.807, 2.05) is 4.90 Å². The van der Waals surface area contributed by atoms with E-state index >= 15 is 0 Å². The van der Waals surface area contributed by atoms with Crippen LogP contribution in [0.15, 0.2) is 48.5 Å². The average Bonchev–Trinajstić information content (AvgIpc) is 3.03. The lowest BCUT2D eigenvalue weighted by Crippen LogP contribution is -2.31. The number of nitrogens with one attached hydrogen (secondary N) is 1. The molecule has 6 nitrogen and oxygen atoms in total. The first-order valence-corrected chi connectivity index (χ1v) is 10.1. The Kier molecular flexibility index (Phi) is 7.00. The monoisotopic (exact) mass is 394 g/mol. The zero-order valence-electron chi connectivity index (χ0n) is 16.6. The SMILES string of the molecule is CCOC(=O)c1ccccc1NC(=O)c1ccc(C(=O)N2CCCCCC2)cc1. The Morgan fingerprint density at radius 2 is 1.52 bits per heavy atom. The highest BCUT2D eigenvalue weighted by Crippen LogP contribution is 2.18. The summed E-state index contributed by atoms with van der Waals surface area (Å²) in [6, 6.07) is 13.3. The molecule has 0 bridgehead atoms. The molecule has 0 saturated carbocycles. The number of esters is 1. The maximum atomic E-state index is 12.7. The molecule has 152 valence electrons. The summed E-state index contributed by atoms with van der Waals surface area (Å²) in [5, 5.41) is 2.75. The van der Waals surface area contributed by atoms with Crippen LogP contribution >= 0.6 is 0 Å². The first kappa shape index (κ1) is 20.6. The van der Waals surface area contributed by atoms with Crippen molar-refractivity contribution in [3.63, 3.8) is 0 Å². The van der Waals surface area contributed by atoms with E-state index in [2.05, 4.69) is 5.32 Å². The minimum Gasteiger partial charge on any atom is -0.462 e. The minimum absolute atomic E-state index is 0.00603. The van der Waals surface area contributed by atoms with Crippen molar-refractivity contribution in [2.45, 2.75) is 32.6 Å². The molecule has 2 aromatic rings. The predicted molar refractivity (Wildman–Crippen MR) is 111 cm³/mol. The fraction of sp³-hybridized carbons (Fsp3) is 0.348. The number of benzene rings is 2. The second kappa shape index (κ2) is 9.87. The number of ether oxygens (including phenoxy) is 1. The second-order valence-corrected chi connectivity index (χ2v) is 7.00. The second-order valence-electron chi connectivity index (χ2n) is 7.00. The van der Waals surface area contributed by atoms with Crippen molar-refractivity contribution < 1.29 is 19.1 Å². The third-order valence-corrected chi connectivity index (χ3v) is 4.96. The summed E-state index contributed by atoms with van der Waals surface area (Å²) >= 11 is 0. The van der Waals surface area contributed by atoms with Crippen LogP contribution in [0.3, 0.4) is 0 Å². The number of likely N-dealkylation sites (tertiary alicyclic amines) is 1. The Bertz CT molecular complexity index is 869. The number of hydrogen-bond donors (Lipinski definition) is 1. The van der Waals surface area contributed by atoms with Crippen LogP contribution in [0.25, 0.3) is 0 Å². The molecule has 29 heavy (non-hydrogen) atoms. The fourth-order valence-electron chi connectivity index (χ4n) is 3.39. The van der Waals surface area contributed by atoms with Crippen molar-refractivity contribution in [1.82, 2.24) is 4.90 Å². The number of anilines is 1. The van der Waals surface area contributed by atoms with Crippen molar-refractivity contribution in [3.05, 3.63) is 65.2 Å². The van der Waals surface area contributed by atoms with E-state index in [1.165, 1.54) is 0 Å². The largest absolute Gasteiger partial charge is 0.462 e. The molecular formula is C23H26N2O4. The lowest BCUT2D eigenvalue weighted by atomic mass is 10.1. The molecule has 3 rings (SSSR count). The van der Waals surface area contributed by atoms with Gasteiger partial charge in [0.05, 0.1) is 17.9 Å². The Labute approximate surface area is 170 Å². The van der Waals surface area contributed by atoms with E-state index in [-0.39, 0.29) is 18.4 Å². The van der Waals surface area contributed by atoms with Gasteiger partial charge in [0.15, 0.2) is 0 Å². The van der Waals surface area contributed by atoms with Gasteiger partial charge in [0.25, 0.3) is 11.8 Å². The van der Waals surface area contributed by atoms with Crippen LogP contribution in [-0.4, -0.2) is 42.4 Å². The molecule has 0 aromatic heterocycles. The van der Waals surface area contributed by atoms with E-state index in [9.17, 15) is 14.4 Å². The Balaban J connectivity index is 1.70. The smallest absolute Gasteiger partial charge is 0.340 e. The van der Waals surface area contributed by atoms with Gasteiger partial charge in [0.2, 0.25) is 0 Å². The van der Waals surface area contributed by atoms with Crippen LogP contribution in [-0.2, 0) is 4.74 Å². The van der Waals surface area contributed by atoms with Gasteiger partial charge in [-0.15, -0.1) is 0 Å². The number of rotatable bonds is 5. The molecule has 0 aliphatic carbocycles. The quantitative estimate of drug-likeness (QED) is 0.774.